The smallest absolute Gasteiger partial charge is 0.315 e. The summed E-state index contributed by atoms with van der Waals surface area (Å²) in [6.45, 7) is 2.13. The van der Waals surface area contributed by atoms with E-state index in [0.29, 0.717) is 18.0 Å². The van der Waals surface area contributed by atoms with E-state index in [4.69, 9.17) is 16.3 Å². The number of pyridine rings is 1. The second-order valence-electron chi connectivity index (χ2n) is 6.22. The molecule has 3 rings (SSSR count). The molecule has 2 amide bonds. The molecule has 2 N–H and O–H groups in total. The number of ether oxygens (including phenoxy) is 1. The fraction of sp³-hybridized carbons (Fsp3) is 0.368. The molecular formula is C19H23ClN4O2. The maximum absolute atomic E-state index is 12.1. The average Bonchev–Trinajstić information content (AvgIpc) is 3.11. The number of carbonyl (C=O) groups is 1. The van der Waals surface area contributed by atoms with Crippen LogP contribution in [0.1, 0.15) is 12.1 Å². The lowest BCUT2D eigenvalue weighted by Gasteiger charge is -2.21. The van der Waals surface area contributed by atoms with Crippen molar-refractivity contribution in [2.24, 2.45) is 0 Å². The number of aromatic nitrogens is 1. The Balaban J connectivity index is 1.47. The molecule has 1 unspecified atom stereocenters. The summed E-state index contributed by atoms with van der Waals surface area (Å²) in [6.07, 6.45) is 3.35. The number of anilines is 1. The van der Waals surface area contributed by atoms with Gasteiger partial charge in [0.25, 0.3) is 0 Å². The van der Waals surface area contributed by atoms with Crippen molar-refractivity contribution in [2.45, 2.75) is 18.9 Å². The number of halogens is 1. The number of urea groups is 1. The normalized spacial score (nSPS) is 16.4. The molecule has 26 heavy (non-hydrogen) atoms. The average molecular weight is 375 g/mol. The summed E-state index contributed by atoms with van der Waals surface area (Å²) >= 11 is 6.11. The molecule has 0 radical (unpaired) electrons. The first-order chi connectivity index (χ1) is 12.7. The van der Waals surface area contributed by atoms with Crippen LogP contribution in [0.25, 0.3) is 0 Å². The Morgan fingerprint density at radius 1 is 1.38 bits per heavy atom. The van der Waals surface area contributed by atoms with Crippen molar-refractivity contribution in [2.75, 3.05) is 31.6 Å². The maximum atomic E-state index is 12.1. The Morgan fingerprint density at radius 2 is 2.27 bits per heavy atom. The van der Waals surface area contributed by atoms with Crippen molar-refractivity contribution in [3.05, 3.63) is 53.3 Å². The molecule has 0 aliphatic carbocycles. The molecule has 7 heteroatoms. The maximum Gasteiger partial charge on any atom is 0.315 e. The number of carbonyl (C=O) groups excluding carboxylic acids is 1. The molecule has 2 heterocycles. The molecule has 1 aromatic heterocycles. The molecule has 1 aliphatic rings. The standard InChI is InChI=1S/C19H23ClN4O2/c1-26-18-6-5-14(20)12-17(18)24-11-8-16(13-24)23-19(25)22-10-7-15-4-2-3-9-21-15/h2-6,9,12,16H,7-8,10-11,13H2,1H3,(H2,22,23,25). The van der Waals surface area contributed by atoms with Crippen LogP contribution in [0, 0.1) is 0 Å². The fourth-order valence-electron chi connectivity index (χ4n) is 3.09. The van der Waals surface area contributed by atoms with Crippen LogP contribution in [-0.4, -0.2) is 43.8 Å². The molecular weight excluding hydrogens is 352 g/mol. The minimum Gasteiger partial charge on any atom is -0.495 e. The molecule has 2 aromatic rings. The molecule has 6 nitrogen and oxygen atoms in total. The van der Waals surface area contributed by atoms with Crippen molar-refractivity contribution in [3.8, 4) is 5.75 Å². The largest absolute Gasteiger partial charge is 0.495 e. The highest BCUT2D eigenvalue weighted by atomic mass is 35.5. The number of nitrogens with one attached hydrogen (secondary N) is 2. The molecule has 138 valence electrons. The van der Waals surface area contributed by atoms with E-state index in [1.165, 1.54) is 0 Å². The zero-order chi connectivity index (χ0) is 18.4. The van der Waals surface area contributed by atoms with Crippen LogP contribution in [0.4, 0.5) is 10.5 Å². The van der Waals surface area contributed by atoms with Crippen molar-refractivity contribution in [3.63, 3.8) is 0 Å². The van der Waals surface area contributed by atoms with E-state index in [9.17, 15) is 4.79 Å². The van der Waals surface area contributed by atoms with Crippen molar-refractivity contribution >= 4 is 23.3 Å². The molecule has 0 saturated carbocycles. The summed E-state index contributed by atoms with van der Waals surface area (Å²) in [4.78, 5) is 18.5. The molecule has 1 fully saturated rings. The van der Waals surface area contributed by atoms with E-state index in [0.717, 1.165) is 36.6 Å². The highest BCUT2D eigenvalue weighted by Gasteiger charge is 2.26. The van der Waals surface area contributed by atoms with Crippen LogP contribution in [0.15, 0.2) is 42.6 Å². The van der Waals surface area contributed by atoms with Gasteiger partial charge in [0.05, 0.1) is 12.8 Å². The summed E-state index contributed by atoms with van der Waals surface area (Å²) in [5, 5.41) is 6.59. The number of hydrogen-bond acceptors (Lipinski definition) is 4. The van der Waals surface area contributed by atoms with Gasteiger partial charge in [0.1, 0.15) is 5.75 Å². The molecule has 0 bridgehead atoms. The number of amides is 2. The van der Waals surface area contributed by atoms with E-state index >= 15 is 0 Å². The van der Waals surface area contributed by atoms with E-state index in [1.54, 1.807) is 13.3 Å². The first kappa shape index (κ1) is 18.3. The van der Waals surface area contributed by atoms with E-state index < -0.39 is 0 Å². The third kappa shape index (κ3) is 4.79. The van der Waals surface area contributed by atoms with E-state index in [-0.39, 0.29) is 12.1 Å². The highest BCUT2D eigenvalue weighted by Crippen LogP contribution is 2.33. The number of nitrogens with zero attached hydrogens (tertiary/aromatic N) is 2. The predicted molar refractivity (Wildman–Crippen MR) is 103 cm³/mol. The van der Waals surface area contributed by atoms with Gasteiger partial charge in [-0.05, 0) is 36.8 Å². The Morgan fingerprint density at radius 3 is 3.04 bits per heavy atom. The topological polar surface area (TPSA) is 66.5 Å². The lowest BCUT2D eigenvalue weighted by Crippen LogP contribution is -2.44. The van der Waals surface area contributed by atoms with Gasteiger partial charge >= 0.3 is 6.03 Å². The van der Waals surface area contributed by atoms with E-state index in [1.807, 2.05) is 36.4 Å². The van der Waals surface area contributed by atoms with Gasteiger partial charge < -0.3 is 20.3 Å². The molecule has 0 spiro atoms. The van der Waals surface area contributed by atoms with Gasteiger partial charge in [-0.25, -0.2) is 4.79 Å². The van der Waals surface area contributed by atoms with Crippen LogP contribution in [-0.2, 0) is 6.42 Å². The van der Waals surface area contributed by atoms with Gasteiger partial charge in [-0.15, -0.1) is 0 Å². The van der Waals surface area contributed by atoms with Crippen molar-refractivity contribution in [1.82, 2.24) is 15.6 Å². The summed E-state index contributed by atoms with van der Waals surface area (Å²) < 4.78 is 5.42. The van der Waals surface area contributed by atoms with E-state index in [2.05, 4.69) is 20.5 Å². The predicted octanol–water partition coefficient (Wildman–Crippen LogP) is 2.86. The van der Waals surface area contributed by atoms with Gasteiger partial charge in [0.15, 0.2) is 0 Å². The first-order valence-corrected chi connectivity index (χ1v) is 9.06. The van der Waals surface area contributed by atoms with Gasteiger partial charge in [0.2, 0.25) is 0 Å². The number of benzene rings is 1. The second kappa shape index (κ2) is 8.76. The van der Waals surface area contributed by atoms with Crippen LogP contribution in [0.5, 0.6) is 5.75 Å². The number of rotatable bonds is 6. The van der Waals surface area contributed by atoms with Crippen LogP contribution < -0.4 is 20.3 Å². The van der Waals surface area contributed by atoms with Crippen LogP contribution >= 0.6 is 11.6 Å². The summed E-state index contributed by atoms with van der Waals surface area (Å²) in [6, 6.07) is 11.3. The van der Waals surface area contributed by atoms with Crippen LogP contribution in [0.3, 0.4) is 0 Å². The van der Waals surface area contributed by atoms with Crippen molar-refractivity contribution in [1.29, 1.82) is 0 Å². The second-order valence-corrected chi connectivity index (χ2v) is 6.66. The minimum absolute atomic E-state index is 0.0912. The zero-order valence-corrected chi connectivity index (χ0v) is 15.5. The fourth-order valence-corrected chi connectivity index (χ4v) is 3.26. The van der Waals surface area contributed by atoms with Crippen LogP contribution in [0.2, 0.25) is 5.02 Å². The van der Waals surface area contributed by atoms with Gasteiger partial charge in [0, 0.05) is 49.0 Å². The lowest BCUT2D eigenvalue weighted by molar-refractivity contribution is 0.238. The van der Waals surface area contributed by atoms with Gasteiger partial charge in [-0.2, -0.15) is 0 Å². The molecule has 1 aromatic carbocycles. The number of methoxy groups -OCH3 is 1. The van der Waals surface area contributed by atoms with Gasteiger partial charge in [-0.1, -0.05) is 17.7 Å². The summed E-state index contributed by atoms with van der Waals surface area (Å²) in [5.41, 5.74) is 1.92. The SMILES string of the molecule is COc1ccc(Cl)cc1N1CCC(NC(=O)NCCc2ccccn2)C1. The zero-order valence-electron chi connectivity index (χ0n) is 14.7. The Labute approximate surface area is 158 Å². The monoisotopic (exact) mass is 374 g/mol. The quantitative estimate of drug-likeness (QED) is 0.816. The first-order valence-electron chi connectivity index (χ1n) is 8.68. The Hall–Kier alpha value is -2.47. The number of hydrogen-bond donors (Lipinski definition) is 2. The van der Waals surface area contributed by atoms with Gasteiger partial charge in [-0.3, -0.25) is 4.98 Å². The minimum atomic E-state index is -0.147. The Bertz CT molecular complexity index is 742. The third-order valence-electron chi connectivity index (χ3n) is 4.40. The molecule has 1 aliphatic heterocycles. The molecule has 1 saturated heterocycles. The Kier molecular flexibility index (Phi) is 6.17. The van der Waals surface area contributed by atoms with Crippen molar-refractivity contribution < 1.29 is 9.53 Å². The summed E-state index contributed by atoms with van der Waals surface area (Å²) in [7, 11) is 1.65. The lowest BCUT2D eigenvalue weighted by atomic mass is 10.2. The summed E-state index contributed by atoms with van der Waals surface area (Å²) in [5.74, 6) is 0.787. The third-order valence-corrected chi connectivity index (χ3v) is 4.63. The molecule has 1 atom stereocenters. The highest BCUT2D eigenvalue weighted by molar-refractivity contribution is 6.30.